The molecule has 0 saturated heterocycles. The minimum atomic E-state index is -0.107. The van der Waals surface area contributed by atoms with Crippen LogP contribution in [0.1, 0.15) is 21.7 Å². The lowest BCUT2D eigenvalue weighted by Crippen LogP contribution is -2.27. The van der Waals surface area contributed by atoms with E-state index in [0.717, 1.165) is 29.7 Å². The van der Waals surface area contributed by atoms with Crippen LogP contribution >= 0.6 is 0 Å². The molecule has 0 fully saturated rings. The first-order valence-electron chi connectivity index (χ1n) is 10.1. The van der Waals surface area contributed by atoms with Crippen LogP contribution in [-0.2, 0) is 19.4 Å². The van der Waals surface area contributed by atoms with E-state index in [2.05, 4.69) is 40.2 Å². The molecule has 5 heteroatoms. The van der Waals surface area contributed by atoms with Gasteiger partial charge in [0.15, 0.2) is 0 Å². The van der Waals surface area contributed by atoms with Crippen LogP contribution in [0.4, 0.5) is 0 Å². The summed E-state index contributed by atoms with van der Waals surface area (Å²) >= 11 is 0. The molecule has 5 nitrogen and oxygen atoms in total. The van der Waals surface area contributed by atoms with Gasteiger partial charge in [0, 0.05) is 25.1 Å². The summed E-state index contributed by atoms with van der Waals surface area (Å²) < 4.78 is 7.42. The SMILES string of the molecule is COc1cccc(C(=O)NCCn2c(CCc3ccccc3)nc3ccccc32)c1. The van der Waals surface area contributed by atoms with Crippen molar-refractivity contribution in [1.29, 1.82) is 0 Å². The van der Waals surface area contributed by atoms with Gasteiger partial charge in [0.25, 0.3) is 5.91 Å². The Labute approximate surface area is 176 Å². The molecule has 4 rings (SSSR count). The van der Waals surface area contributed by atoms with Crippen molar-refractivity contribution >= 4 is 16.9 Å². The molecule has 0 atom stereocenters. The van der Waals surface area contributed by atoms with Crippen LogP contribution in [0, 0.1) is 0 Å². The van der Waals surface area contributed by atoms with Gasteiger partial charge in [0.05, 0.1) is 18.1 Å². The highest BCUT2D eigenvalue weighted by atomic mass is 16.5. The van der Waals surface area contributed by atoms with E-state index < -0.39 is 0 Å². The monoisotopic (exact) mass is 399 g/mol. The summed E-state index contributed by atoms with van der Waals surface area (Å²) in [5.41, 5.74) is 3.97. The number of imidazole rings is 1. The highest BCUT2D eigenvalue weighted by Crippen LogP contribution is 2.18. The average molecular weight is 399 g/mol. The van der Waals surface area contributed by atoms with Gasteiger partial charge in [0.1, 0.15) is 11.6 Å². The number of methoxy groups -OCH3 is 1. The van der Waals surface area contributed by atoms with Crippen LogP contribution in [0.15, 0.2) is 78.9 Å². The number of benzene rings is 3. The Kier molecular flexibility index (Phi) is 6.09. The molecule has 1 aromatic heterocycles. The summed E-state index contributed by atoms with van der Waals surface area (Å²) in [5.74, 6) is 1.60. The molecule has 0 aliphatic heterocycles. The second-order valence-electron chi connectivity index (χ2n) is 7.14. The topological polar surface area (TPSA) is 56.1 Å². The highest BCUT2D eigenvalue weighted by molar-refractivity contribution is 5.94. The number of ether oxygens (including phenoxy) is 1. The minimum absolute atomic E-state index is 0.107. The number of hydrogen-bond acceptors (Lipinski definition) is 3. The van der Waals surface area contributed by atoms with E-state index in [1.54, 1.807) is 19.2 Å². The van der Waals surface area contributed by atoms with Crippen molar-refractivity contribution in [2.75, 3.05) is 13.7 Å². The maximum atomic E-state index is 12.5. The second kappa shape index (κ2) is 9.27. The average Bonchev–Trinajstić information content (AvgIpc) is 3.16. The lowest BCUT2D eigenvalue weighted by molar-refractivity contribution is 0.0952. The van der Waals surface area contributed by atoms with Gasteiger partial charge in [-0.2, -0.15) is 0 Å². The van der Waals surface area contributed by atoms with E-state index in [-0.39, 0.29) is 5.91 Å². The van der Waals surface area contributed by atoms with Gasteiger partial charge in [-0.25, -0.2) is 4.98 Å². The number of rotatable bonds is 8. The molecule has 0 saturated carbocycles. The maximum Gasteiger partial charge on any atom is 0.251 e. The highest BCUT2D eigenvalue weighted by Gasteiger charge is 2.12. The van der Waals surface area contributed by atoms with Crippen LogP contribution in [0.3, 0.4) is 0 Å². The molecular formula is C25H25N3O2. The first-order chi connectivity index (χ1) is 14.7. The van der Waals surface area contributed by atoms with E-state index in [4.69, 9.17) is 9.72 Å². The van der Waals surface area contributed by atoms with Crippen LogP contribution in [0.5, 0.6) is 5.75 Å². The standard InChI is InChI=1S/C25H25N3O2/c1-30-21-11-7-10-20(18-21)25(29)26-16-17-28-23-13-6-5-12-22(23)27-24(28)15-14-19-8-3-2-4-9-19/h2-13,18H,14-17H2,1H3,(H,26,29). The van der Waals surface area contributed by atoms with Crippen LogP contribution in [0.2, 0.25) is 0 Å². The third kappa shape index (κ3) is 4.51. The van der Waals surface area contributed by atoms with Crippen molar-refractivity contribution in [2.45, 2.75) is 19.4 Å². The number of fused-ring (bicyclic) bond motifs is 1. The number of aryl methyl sites for hydroxylation is 2. The molecule has 1 amide bonds. The van der Waals surface area contributed by atoms with E-state index in [0.29, 0.717) is 24.4 Å². The smallest absolute Gasteiger partial charge is 0.251 e. The van der Waals surface area contributed by atoms with Crippen LogP contribution in [0.25, 0.3) is 11.0 Å². The molecule has 0 radical (unpaired) electrons. The maximum absolute atomic E-state index is 12.5. The van der Waals surface area contributed by atoms with E-state index in [1.807, 2.05) is 36.4 Å². The number of carbonyl (C=O) groups excluding carboxylic acids is 1. The summed E-state index contributed by atoms with van der Waals surface area (Å²) in [6, 6.07) is 25.8. The molecule has 30 heavy (non-hydrogen) atoms. The van der Waals surface area contributed by atoms with E-state index in [9.17, 15) is 4.79 Å². The van der Waals surface area contributed by atoms with E-state index in [1.165, 1.54) is 5.56 Å². The Morgan fingerprint density at radius 3 is 2.60 bits per heavy atom. The molecule has 0 spiro atoms. The minimum Gasteiger partial charge on any atom is -0.497 e. The van der Waals surface area contributed by atoms with Gasteiger partial charge in [-0.05, 0) is 42.3 Å². The number of aromatic nitrogens is 2. The molecule has 3 aromatic carbocycles. The van der Waals surface area contributed by atoms with E-state index >= 15 is 0 Å². The molecule has 0 bridgehead atoms. The summed E-state index contributed by atoms with van der Waals surface area (Å²) in [4.78, 5) is 17.3. The van der Waals surface area contributed by atoms with Gasteiger partial charge in [0.2, 0.25) is 0 Å². The van der Waals surface area contributed by atoms with Gasteiger partial charge in [-0.1, -0.05) is 48.5 Å². The second-order valence-corrected chi connectivity index (χ2v) is 7.14. The number of nitrogens with one attached hydrogen (secondary N) is 1. The molecule has 152 valence electrons. The predicted molar refractivity (Wildman–Crippen MR) is 119 cm³/mol. The largest absolute Gasteiger partial charge is 0.497 e. The number of carbonyl (C=O) groups is 1. The summed E-state index contributed by atoms with van der Waals surface area (Å²) in [6.45, 7) is 1.19. The Morgan fingerprint density at radius 2 is 1.77 bits per heavy atom. The predicted octanol–water partition coefficient (Wildman–Crippen LogP) is 4.26. The van der Waals surface area contributed by atoms with Crippen molar-refractivity contribution in [2.24, 2.45) is 0 Å². The number of amides is 1. The van der Waals surface area contributed by atoms with Gasteiger partial charge in [-0.15, -0.1) is 0 Å². The fourth-order valence-electron chi connectivity index (χ4n) is 3.61. The lowest BCUT2D eigenvalue weighted by atomic mass is 10.1. The normalized spacial score (nSPS) is 10.8. The quantitative estimate of drug-likeness (QED) is 0.482. The van der Waals surface area contributed by atoms with Crippen LogP contribution in [-0.4, -0.2) is 29.1 Å². The fourth-order valence-corrected chi connectivity index (χ4v) is 3.61. The Bertz CT molecular complexity index is 1140. The molecule has 0 aliphatic carbocycles. The molecule has 4 aromatic rings. The van der Waals surface area contributed by atoms with Crippen molar-refractivity contribution in [1.82, 2.24) is 14.9 Å². The zero-order valence-corrected chi connectivity index (χ0v) is 17.0. The fraction of sp³-hybridized carbons (Fsp3) is 0.200. The van der Waals surface area contributed by atoms with Crippen molar-refractivity contribution in [3.05, 3.63) is 95.8 Å². The molecular weight excluding hydrogens is 374 g/mol. The first-order valence-corrected chi connectivity index (χ1v) is 10.1. The van der Waals surface area contributed by atoms with Crippen LogP contribution < -0.4 is 10.1 Å². The number of para-hydroxylation sites is 2. The molecule has 0 aliphatic rings. The zero-order chi connectivity index (χ0) is 20.8. The first kappa shape index (κ1) is 19.7. The molecule has 1 heterocycles. The summed E-state index contributed by atoms with van der Waals surface area (Å²) in [6.07, 6.45) is 1.78. The lowest BCUT2D eigenvalue weighted by Gasteiger charge is -2.11. The molecule has 0 unspecified atom stereocenters. The Balaban J connectivity index is 1.46. The van der Waals surface area contributed by atoms with Gasteiger partial charge in [-0.3, -0.25) is 4.79 Å². The van der Waals surface area contributed by atoms with Crippen molar-refractivity contribution in [3.63, 3.8) is 0 Å². The third-order valence-corrected chi connectivity index (χ3v) is 5.17. The van der Waals surface area contributed by atoms with Gasteiger partial charge >= 0.3 is 0 Å². The zero-order valence-electron chi connectivity index (χ0n) is 17.0. The van der Waals surface area contributed by atoms with Crippen molar-refractivity contribution in [3.8, 4) is 5.75 Å². The Hall–Kier alpha value is -3.60. The van der Waals surface area contributed by atoms with Gasteiger partial charge < -0.3 is 14.6 Å². The Morgan fingerprint density at radius 1 is 0.967 bits per heavy atom. The number of nitrogens with zero attached hydrogens (tertiary/aromatic N) is 2. The molecule has 1 N–H and O–H groups in total. The summed E-state index contributed by atoms with van der Waals surface area (Å²) in [7, 11) is 1.60. The summed E-state index contributed by atoms with van der Waals surface area (Å²) in [5, 5.41) is 3.01. The van der Waals surface area contributed by atoms with Crippen molar-refractivity contribution < 1.29 is 9.53 Å². The number of hydrogen-bond donors (Lipinski definition) is 1. The third-order valence-electron chi connectivity index (χ3n) is 5.17.